The molecule has 2 atom stereocenters. The van der Waals surface area contributed by atoms with Crippen molar-refractivity contribution in [2.45, 2.75) is 70.3 Å². The fourth-order valence-corrected chi connectivity index (χ4v) is 7.82. The van der Waals surface area contributed by atoms with Gasteiger partial charge >= 0.3 is 0 Å². The summed E-state index contributed by atoms with van der Waals surface area (Å²) in [6.07, 6.45) is 32.8. The topological polar surface area (TPSA) is 21.1 Å². The monoisotopic (exact) mass is 535 g/mol. The Bertz CT molecular complexity index is 1720. The molecule has 2 aromatic heterocycles. The second kappa shape index (κ2) is 10.1. The van der Waals surface area contributed by atoms with Crippen molar-refractivity contribution in [3.8, 4) is 11.3 Å². The molecule has 0 saturated heterocycles. The lowest BCUT2D eigenvalue weighted by Crippen LogP contribution is -2.38. The fourth-order valence-electron chi connectivity index (χ4n) is 7.82. The van der Waals surface area contributed by atoms with Crippen LogP contribution in [0.25, 0.3) is 22.5 Å². The van der Waals surface area contributed by atoms with Gasteiger partial charge in [-0.2, -0.15) is 0 Å². The Morgan fingerprint density at radius 3 is 2.68 bits per heavy atom. The Hall–Kier alpha value is -4.11. The number of hydrogen-bond donors (Lipinski definition) is 0. The van der Waals surface area contributed by atoms with Crippen LogP contribution in [0.5, 0.6) is 0 Å². The van der Waals surface area contributed by atoms with Gasteiger partial charge in [-0.25, -0.2) is 0 Å². The molecule has 8 rings (SSSR count). The molecule has 0 spiro atoms. The van der Waals surface area contributed by atoms with Crippen LogP contribution in [0.1, 0.15) is 72.5 Å². The van der Waals surface area contributed by atoms with Crippen LogP contribution in [-0.2, 0) is 12.8 Å². The minimum atomic E-state index is 0.209. The van der Waals surface area contributed by atoms with Crippen LogP contribution in [0.2, 0.25) is 0 Å². The zero-order valence-corrected chi connectivity index (χ0v) is 23.9. The summed E-state index contributed by atoms with van der Waals surface area (Å²) in [6.45, 7) is 2.16. The lowest BCUT2D eigenvalue weighted by molar-refractivity contribution is 0.626. The Kier molecular flexibility index (Phi) is 6.05. The van der Waals surface area contributed by atoms with E-state index in [2.05, 4.69) is 101 Å². The second-order valence-electron chi connectivity index (χ2n) is 12.0. The molecule has 4 aliphatic carbocycles. The van der Waals surface area contributed by atoms with Gasteiger partial charge in [0.1, 0.15) is 0 Å². The predicted octanol–water partition coefficient (Wildman–Crippen LogP) is 9.09. The number of aromatic nitrogens is 2. The number of nitrogens with zero attached hydrogens (tertiary/aromatic N) is 3. The van der Waals surface area contributed by atoms with Crippen molar-refractivity contribution in [2.24, 2.45) is 0 Å². The largest absolute Gasteiger partial charge is 0.337 e. The highest BCUT2D eigenvalue weighted by Gasteiger charge is 2.41. The maximum atomic E-state index is 4.77. The molecular formula is C38H37N3. The van der Waals surface area contributed by atoms with Crippen LogP contribution >= 0.6 is 0 Å². The van der Waals surface area contributed by atoms with Crippen molar-refractivity contribution in [3.63, 3.8) is 0 Å². The van der Waals surface area contributed by atoms with Gasteiger partial charge < -0.3 is 9.47 Å². The first-order chi connectivity index (χ1) is 20.3. The minimum Gasteiger partial charge on any atom is -0.337 e. The van der Waals surface area contributed by atoms with Crippen molar-refractivity contribution >= 4 is 17.0 Å². The van der Waals surface area contributed by atoms with Gasteiger partial charge in [0.25, 0.3) is 0 Å². The highest BCUT2D eigenvalue weighted by atomic mass is 15.2. The Morgan fingerprint density at radius 2 is 1.78 bits per heavy atom. The number of allylic oxidation sites excluding steroid dienone is 10. The summed E-state index contributed by atoms with van der Waals surface area (Å²) < 4.78 is 2.70. The number of rotatable bonds is 3. The fraction of sp³-hybridized carbons (Fsp3) is 0.289. The molecule has 0 bridgehead atoms. The van der Waals surface area contributed by atoms with E-state index in [-0.39, 0.29) is 12.0 Å². The molecule has 0 amide bonds. The van der Waals surface area contributed by atoms with Gasteiger partial charge in [0.05, 0.1) is 11.7 Å². The summed E-state index contributed by atoms with van der Waals surface area (Å²) in [4.78, 5) is 7.45. The van der Waals surface area contributed by atoms with Crippen LogP contribution in [-0.4, -0.2) is 15.6 Å². The van der Waals surface area contributed by atoms with E-state index in [0.29, 0.717) is 0 Å². The first-order valence-electron chi connectivity index (χ1n) is 15.5. The number of hydrogen-bond acceptors (Lipinski definition) is 2. The van der Waals surface area contributed by atoms with Crippen molar-refractivity contribution in [1.29, 1.82) is 0 Å². The van der Waals surface area contributed by atoms with E-state index < -0.39 is 0 Å². The Labute approximate surface area is 243 Å². The van der Waals surface area contributed by atoms with E-state index in [4.69, 9.17) is 4.98 Å². The molecule has 0 N–H and O–H groups in total. The summed E-state index contributed by atoms with van der Waals surface area (Å²) in [5.74, 6) is 0.260. The van der Waals surface area contributed by atoms with Gasteiger partial charge in [-0.15, -0.1) is 0 Å². The molecule has 204 valence electrons. The average molecular weight is 536 g/mol. The van der Waals surface area contributed by atoms with Crippen LogP contribution in [0.15, 0.2) is 103 Å². The first kappa shape index (κ1) is 24.7. The van der Waals surface area contributed by atoms with Gasteiger partial charge in [-0.1, -0.05) is 66.8 Å². The minimum absolute atomic E-state index is 0.209. The quantitative estimate of drug-likeness (QED) is 0.333. The third-order valence-corrected chi connectivity index (χ3v) is 9.57. The van der Waals surface area contributed by atoms with E-state index in [1.165, 1.54) is 70.7 Å². The Morgan fingerprint density at radius 1 is 0.878 bits per heavy atom. The summed E-state index contributed by atoms with van der Waals surface area (Å²) >= 11 is 0. The lowest BCUT2D eigenvalue weighted by Gasteiger charge is -2.39. The van der Waals surface area contributed by atoms with Crippen molar-refractivity contribution in [3.05, 3.63) is 131 Å². The average Bonchev–Trinajstić information content (AvgIpc) is 3.31. The molecule has 0 fully saturated rings. The van der Waals surface area contributed by atoms with Crippen LogP contribution < -0.4 is 4.90 Å². The lowest BCUT2D eigenvalue weighted by atomic mass is 9.85. The normalized spacial score (nSPS) is 22.6. The molecular weight excluding hydrogens is 498 g/mol. The first-order valence-corrected chi connectivity index (χ1v) is 15.5. The highest BCUT2D eigenvalue weighted by Crippen LogP contribution is 2.50. The van der Waals surface area contributed by atoms with E-state index in [0.717, 1.165) is 31.4 Å². The Balaban J connectivity index is 1.39. The van der Waals surface area contributed by atoms with Crippen molar-refractivity contribution in [1.82, 2.24) is 9.55 Å². The maximum absolute atomic E-state index is 4.77. The van der Waals surface area contributed by atoms with E-state index in [9.17, 15) is 0 Å². The third-order valence-electron chi connectivity index (χ3n) is 9.57. The molecule has 1 aliphatic heterocycles. The number of benzene rings is 1. The zero-order valence-electron chi connectivity index (χ0n) is 23.9. The smallest absolute Gasteiger partial charge is 0.0731 e. The number of aryl methyl sites for hydroxylation is 1. The molecule has 3 nitrogen and oxygen atoms in total. The maximum Gasteiger partial charge on any atom is 0.0731 e. The summed E-state index contributed by atoms with van der Waals surface area (Å²) in [5.41, 5.74) is 15.2. The number of fused-ring (bicyclic) bond motifs is 6. The number of anilines is 1. The molecule has 0 radical (unpaired) electrons. The second-order valence-corrected chi connectivity index (χ2v) is 12.0. The molecule has 3 heterocycles. The zero-order chi connectivity index (χ0) is 27.3. The summed E-state index contributed by atoms with van der Waals surface area (Å²) in [7, 11) is 0. The molecule has 1 unspecified atom stereocenters. The SMILES string of the molecule is Cc1cccnc1-c1cccc(N2C3=C(C=CCC3)c3c4c(n(C5=CCCC=C5)c3C3C=CC=C[C@H]32)CCCC4)c1. The molecule has 3 aromatic rings. The standard InChI is InChI=1S/C38H37N3/c1-26-13-12-24-39-37(26)27-14-11-17-29(25-27)40-33-21-8-5-18-30(33)36-31-19-6-9-22-34(31)41(28-15-3-2-4-16-28)38(36)32-20-7-10-23-35(32)40/h3,5,7,10-18,20,23-25,32,35H,2,4,6,8-9,19,21-22H2,1H3/t32?,35-/m1/s1. The van der Waals surface area contributed by atoms with Gasteiger partial charge in [0, 0.05) is 57.3 Å². The van der Waals surface area contributed by atoms with Crippen LogP contribution in [0.3, 0.4) is 0 Å². The molecule has 3 heteroatoms. The molecule has 41 heavy (non-hydrogen) atoms. The van der Waals surface area contributed by atoms with Crippen molar-refractivity contribution < 1.29 is 0 Å². The number of pyridine rings is 1. The predicted molar refractivity (Wildman–Crippen MR) is 171 cm³/mol. The molecule has 1 aromatic carbocycles. The van der Waals surface area contributed by atoms with Gasteiger partial charge in [-0.05, 0) is 93.7 Å². The molecule has 0 saturated carbocycles. The van der Waals surface area contributed by atoms with Gasteiger partial charge in [0.2, 0.25) is 0 Å². The van der Waals surface area contributed by atoms with Crippen molar-refractivity contribution in [2.75, 3.05) is 4.90 Å². The summed E-state index contributed by atoms with van der Waals surface area (Å²) in [5, 5.41) is 0. The third kappa shape index (κ3) is 3.97. The van der Waals surface area contributed by atoms with E-state index >= 15 is 0 Å². The van der Waals surface area contributed by atoms with Gasteiger partial charge in [-0.3, -0.25) is 4.98 Å². The van der Waals surface area contributed by atoms with E-state index in [1.54, 1.807) is 11.3 Å². The van der Waals surface area contributed by atoms with E-state index in [1.807, 2.05) is 12.3 Å². The van der Waals surface area contributed by atoms with Crippen LogP contribution in [0, 0.1) is 6.92 Å². The van der Waals surface area contributed by atoms with Crippen LogP contribution in [0.4, 0.5) is 5.69 Å². The highest BCUT2D eigenvalue weighted by molar-refractivity contribution is 5.88. The molecule has 5 aliphatic rings. The van der Waals surface area contributed by atoms with Gasteiger partial charge in [0.15, 0.2) is 0 Å². The summed E-state index contributed by atoms with van der Waals surface area (Å²) in [6, 6.07) is 13.5.